The van der Waals surface area contributed by atoms with Crippen LogP contribution in [0, 0.1) is 11.8 Å². The van der Waals surface area contributed by atoms with E-state index in [2.05, 4.69) is 39.9 Å². The molecule has 1 atom stereocenters. The first kappa shape index (κ1) is 16.4. The largest absolute Gasteiger partial charge is 0.378 e. The smallest absolute Gasteiger partial charge is 0.0861 e. The van der Waals surface area contributed by atoms with Gasteiger partial charge in [0.15, 0.2) is 0 Å². The minimum absolute atomic E-state index is 0.0395. The standard InChI is InChI=1S/C18H27ClN2/c1-12(2)8-15-11-18(5,10-13(3)4)21-17-9-14(19)6-7-16(17)20-15/h6-7,9,12-13,21H,8,10-11H2,1-5H3. The number of nitrogens with zero attached hydrogens (tertiary/aromatic N) is 1. The van der Waals surface area contributed by atoms with Gasteiger partial charge in [0.05, 0.1) is 11.4 Å². The summed E-state index contributed by atoms with van der Waals surface area (Å²) in [4.78, 5) is 4.92. The van der Waals surface area contributed by atoms with Gasteiger partial charge in [-0.2, -0.15) is 0 Å². The lowest BCUT2D eigenvalue weighted by Crippen LogP contribution is -2.38. The molecule has 1 N–H and O–H groups in total. The lowest BCUT2D eigenvalue weighted by molar-refractivity contribution is 0.408. The lowest BCUT2D eigenvalue weighted by atomic mass is 9.84. The number of halogens is 1. The fourth-order valence-electron chi connectivity index (χ4n) is 3.35. The highest BCUT2D eigenvalue weighted by atomic mass is 35.5. The van der Waals surface area contributed by atoms with E-state index in [-0.39, 0.29) is 5.54 Å². The molecule has 116 valence electrons. The predicted molar refractivity (Wildman–Crippen MR) is 94.1 cm³/mol. The van der Waals surface area contributed by atoms with Crippen molar-refractivity contribution in [1.82, 2.24) is 0 Å². The summed E-state index contributed by atoms with van der Waals surface area (Å²) in [5.74, 6) is 1.27. The molecule has 21 heavy (non-hydrogen) atoms. The molecule has 0 bridgehead atoms. The van der Waals surface area contributed by atoms with Gasteiger partial charge in [-0.3, -0.25) is 4.99 Å². The van der Waals surface area contributed by atoms with E-state index >= 15 is 0 Å². The van der Waals surface area contributed by atoms with Crippen molar-refractivity contribution in [3.63, 3.8) is 0 Å². The zero-order chi connectivity index (χ0) is 15.6. The predicted octanol–water partition coefficient (Wildman–Crippen LogP) is 6.08. The maximum atomic E-state index is 6.16. The van der Waals surface area contributed by atoms with Crippen LogP contribution < -0.4 is 5.32 Å². The maximum Gasteiger partial charge on any atom is 0.0861 e. The first-order valence-corrected chi connectivity index (χ1v) is 8.29. The Hall–Kier alpha value is -1.02. The Balaban J connectivity index is 2.41. The average molecular weight is 307 g/mol. The third kappa shape index (κ3) is 4.47. The van der Waals surface area contributed by atoms with E-state index in [1.54, 1.807) is 0 Å². The Bertz CT molecular complexity index is 534. The maximum absolute atomic E-state index is 6.16. The lowest BCUT2D eigenvalue weighted by Gasteiger charge is -2.33. The molecule has 1 aromatic rings. The van der Waals surface area contributed by atoms with Gasteiger partial charge in [-0.15, -0.1) is 0 Å². The van der Waals surface area contributed by atoms with Crippen molar-refractivity contribution in [2.75, 3.05) is 5.32 Å². The molecule has 2 nitrogen and oxygen atoms in total. The van der Waals surface area contributed by atoms with Gasteiger partial charge in [-0.25, -0.2) is 0 Å². The van der Waals surface area contributed by atoms with Crippen LogP contribution in [0.1, 0.15) is 53.9 Å². The number of anilines is 1. The quantitative estimate of drug-likeness (QED) is 0.716. The van der Waals surface area contributed by atoms with Crippen LogP contribution in [0.3, 0.4) is 0 Å². The second-order valence-electron chi connectivity index (χ2n) is 7.40. The van der Waals surface area contributed by atoms with Crippen LogP contribution >= 0.6 is 11.6 Å². The number of benzene rings is 1. The fourth-order valence-corrected chi connectivity index (χ4v) is 3.52. The Labute approximate surface area is 134 Å². The monoisotopic (exact) mass is 306 g/mol. The van der Waals surface area contributed by atoms with Crippen molar-refractivity contribution in [1.29, 1.82) is 0 Å². The van der Waals surface area contributed by atoms with E-state index in [1.165, 1.54) is 5.71 Å². The summed E-state index contributed by atoms with van der Waals surface area (Å²) < 4.78 is 0. The molecule has 2 rings (SSSR count). The van der Waals surface area contributed by atoms with Crippen molar-refractivity contribution >= 4 is 28.7 Å². The highest BCUT2D eigenvalue weighted by Crippen LogP contribution is 2.38. The molecule has 0 amide bonds. The van der Waals surface area contributed by atoms with Gasteiger partial charge in [-0.05, 0) is 49.8 Å². The van der Waals surface area contributed by atoms with Gasteiger partial charge in [-0.1, -0.05) is 39.3 Å². The second kappa shape index (κ2) is 6.39. The topological polar surface area (TPSA) is 24.4 Å². The fraction of sp³-hybridized carbons (Fsp3) is 0.611. The highest BCUT2D eigenvalue weighted by molar-refractivity contribution is 6.31. The molecule has 0 aromatic heterocycles. The molecular formula is C18H27ClN2. The molecule has 0 saturated carbocycles. The number of hydrogen-bond acceptors (Lipinski definition) is 2. The first-order valence-electron chi connectivity index (χ1n) is 7.91. The Morgan fingerprint density at radius 1 is 1.24 bits per heavy atom. The van der Waals surface area contributed by atoms with E-state index < -0.39 is 0 Å². The number of fused-ring (bicyclic) bond motifs is 1. The molecule has 1 unspecified atom stereocenters. The van der Waals surface area contributed by atoms with Gasteiger partial charge in [0, 0.05) is 22.7 Å². The van der Waals surface area contributed by atoms with Crippen LogP contribution in [-0.4, -0.2) is 11.3 Å². The Morgan fingerprint density at radius 2 is 1.95 bits per heavy atom. The third-order valence-corrected chi connectivity index (χ3v) is 4.01. The summed E-state index contributed by atoms with van der Waals surface area (Å²) in [6, 6.07) is 5.94. The minimum Gasteiger partial charge on any atom is -0.378 e. The van der Waals surface area contributed by atoms with Gasteiger partial charge < -0.3 is 5.32 Å². The SMILES string of the molecule is CC(C)CC1=Nc2ccc(Cl)cc2NC(C)(CC(C)C)C1. The van der Waals surface area contributed by atoms with Crippen molar-refractivity contribution in [2.24, 2.45) is 16.8 Å². The van der Waals surface area contributed by atoms with Crippen molar-refractivity contribution in [2.45, 2.75) is 59.4 Å². The van der Waals surface area contributed by atoms with Crippen LogP contribution in [0.2, 0.25) is 5.02 Å². The molecule has 1 aliphatic rings. The zero-order valence-electron chi connectivity index (χ0n) is 13.8. The molecule has 1 aromatic carbocycles. The summed E-state index contributed by atoms with van der Waals surface area (Å²) >= 11 is 6.16. The van der Waals surface area contributed by atoms with Gasteiger partial charge >= 0.3 is 0 Å². The molecule has 0 aliphatic carbocycles. The zero-order valence-corrected chi connectivity index (χ0v) is 14.6. The van der Waals surface area contributed by atoms with Crippen LogP contribution in [0.25, 0.3) is 0 Å². The van der Waals surface area contributed by atoms with E-state index in [4.69, 9.17) is 16.6 Å². The van der Waals surface area contributed by atoms with Crippen molar-refractivity contribution in [3.8, 4) is 0 Å². The first-order chi connectivity index (χ1) is 9.77. The number of hydrogen-bond donors (Lipinski definition) is 1. The van der Waals surface area contributed by atoms with E-state index in [0.717, 1.165) is 35.7 Å². The summed E-state index contributed by atoms with van der Waals surface area (Å²) in [5.41, 5.74) is 3.41. The molecule has 1 heterocycles. The second-order valence-corrected chi connectivity index (χ2v) is 7.83. The number of nitrogens with one attached hydrogen (secondary N) is 1. The normalized spacial score (nSPS) is 21.8. The molecule has 0 radical (unpaired) electrons. The van der Waals surface area contributed by atoms with Crippen LogP contribution in [0.5, 0.6) is 0 Å². The number of rotatable bonds is 4. The van der Waals surface area contributed by atoms with E-state index in [1.807, 2.05) is 18.2 Å². The Kier molecular flexibility index (Phi) is 4.98. The van der Waals surface area contributed by atoms with Crippen LogP contribution in [0.15, 0.2) is 23.2 Å². The minimum atomic E-state index is 0.0395. The molecule has 1 aliphatic heterocycles. The van der Waals surface area contributed by atoms with Crippen molar-refractivity contribution in [3.05, 3.63) is 23.2 Å². The summed E-state index contributed by atoms with van der Waals surface area (Å²) in [7, 11) is 0. The van der Waals surface area contributed by atoms with Crippen molar-refractivity contribution < 1.29 is 0 Å². The Morgan fingerprint density at radius 3 is 2.57 bits per heavy atom. The third-order valence-electron chi connectivity index (χ3n) is 3.77. The molecule has 0 fully saturated rings. The molecule has 3 heteroatoms. The molecular weight excluding hydrogens is 280 g/mol. The summed E-state index contributed by atoms with van der Waals surface area (Å²) in [6.45, 7) is 11.4. The molecule has 0 spiro atoms. The average Bonchev–Trinajstić information content (AvgIpc) is 2.41. The van der Waals surface area contributed by atoms with Gasteiger partial charge in [0.25, 0.3) is 0 Å². The van der Waals surface area contributed by atoms with Crippen LogP contribution in [0.4, 0.5) is 11.4 Å². The van der Waals surface area contributed by atoms with Crippen LogP contribution in [-0.2, 0) is 0 Å². The van der Waals surface area contributed by atoms with E-state index in [9.17, 15) is 0 Å². The van der Waals surface area contributed by atoms with Gasteiger partial charge in [0.1, 0.15) is 0 Å². The summed E-state index contributed by atoms with van der Waals surface area (Å²) in [5, 5.41) is 4.47. The van der Waals surface area contributed by atoms with Gasteiger partial charge in [0.2, 0.25) is 0 Å². The number of aliphatic imine (C=N–C) groups is 1. The highest BCUT2D eigenvalue weighted by Gasteiger charge is 2.30. The summed E-state index contributed by atoms with van der Waals surface area (Å²) in [6.07, 6.45) is 3.17. The van der Waals surface area contributed by atoms with E-state index in [0.29, 0.717) is 11.8 Å². The molecule has 0 saturated heterocycles.